The number of nitrogens with zero attached hydrogens (tertiary/aromatic N) is 5. The number of allylic oxidation sites excluding steroid dienone is 3. The number of fused-ring (bicyclic) bond motifs is 6. The topological polar surface area (TPSA) is 139 Å². The Morgan fingerprint density at radius 2 is 1.75 bits per heavy atom. The van der Waals surface area contributed by atoms with E-state index in [1.165, 1.54) is 9.80 Å². The van der Waals surface area contributed by atoms with E-state index in [0.717, 1.165) is 31.6 Å². The molecule has 4 aromatic carbocycles. The van der Waals surface area contributed by atoms with E-state index < -0.39 is 46.8 Å². The first kappa shape index (κ1) is 39.2. The van der Waals surface area contributed by atoms with Gasteiger partial charge in [0.15, 0.2) is 5.58 Å². The van der Waals surface area contributed by atoms with Gasteiger partial charge < -0.3 is 9.52 Å². The Kier molecular flexibility index (Phi) is 8.84. The molecule has 314 valence electrons. The van der Waals surface area contributed by atoms with Crippen LogP contribution in [0.25, 0.3) is 43.2 Å². The van der Waals surface area contributed by atoms with Gasteiger partial charge in [-0.3, -0.25) is 28.8 Å². The fourth-order valence-corrected chi connectivity index (χ4v) is 12.3. The molecule has 6 unspecified atom stereocenters. The van der Waals surface area contributed by atoms with Gasteiger partial charge in [-0.15, -0.1) is 17.9 Å². The monoisotopic (exact) mass is 873 g/mol. The number of phenolic OH excluding ortho intramolecular Hbond substituents is 1. The molecule has 4 aliphatic rings. The van der Waals surface area contributed by atoms with E-state index in [2.05, 4.69) is 11.6 Å². The summed E-state index contributed by atoms with van der Waals surface area (Å²) in [7, 11) is 1.72. The number of aryl methyl sites for hydroxylation is 2. The molecule has 11 rings (SSSR count). The smallest absolute Gasteiger partial charge is 0.242 e. The van der Waals surface area contributed by atoms with Gasteiger partial charge in [0.25, 0.3) is 0 Å². The number of aromatic nitrogens is 3. The third kappa shape index (κ3) is 5.63. The van der Waals surface area contributed by atoms with Crippen LogP contribution in [0.4, 0.5) is 11.5 Å². The van der Waals surface area contributed by atoms with Crippen LogP contribution in [0.5, 0.6) is 5.75 Å². The first-order chi connectivity index (χ1) is 30.4. The molecular weight excluding hydrogens is 834 g/mol. The molecule has 2 aliphatic heterocycles. The van der Waals surface area contributed by atoms with Crippen molar-refractivity contribution in [2.24, 2.45) is 36.1 Å². The van der Waals surface area contributed by atoms with E-state index in [1.54, 1.807) is 65.5 Å². The summed E-state index contributed by atoms with van der Waals surface area (Å²) in [5, 5.41) is 18.4. The largest absolute Gasteiger partial charge is 0.507 e. The standard InChI is InChI=1S/C50H40ClN5O6S/c1-5-9-26-10-8-11-32(43(26)57)42-30-19-20-31-41(48(60)55(46(31)58)29-17-14-27(15-18-29)45-52-36-12-6-7-13-38(36)62-45)34(30)23-35-47(59)56(49(61)50(35,42)3)40-24-37(53-54(40)4)44-25(2)33-22-28(51)16-21-39(33)63-44/h5-8,10-19,21-22,24,31,34-35,41-42,57H,1,9,20,23H2,2-4H3. The minimum absolute atomic E-state index is 0.0161. The molecule has 4 amide bonds. The summed E-state index contributed by atoms with van der Waals surface area (Å²) in [4.78, 5) is 67.7. The number of benzene rings is 4. The number of rotatable bonds is 7. The maximum atomic E-state index is 15.3. The number of carbonyl (C=O) groups is 4. The van der Waals surface area contributed by atoms with Crippen LogP contribution < -0.4 is 9.80 Å². The van der Waals surface area contributed by atoms with Crippen LogP contribution >= 0.6 is 22.9 Å². The number of hydrogen-bond acceptors (Lipinski definition) is 9. The maximum absolute atomic E-state index is 15.3. The lowest BCUT2D eigenvalue weighted by Gasteiger charge is -2.49. The van der Waals surface area contributed by atoms with Crippen molar-refractivity contribution in [3.63, 3.8) is 0 Å². The van der Waals surface area contributed by atoms with E-state index in [9.17, 15) is 14.7 Å². The lowest BCUT2D eigenvalue weighted by Crippen LogP contribution is -2.49. The Labute approximate surface area is 370 Å². The Morgan fingerprint density at radius 1 is 0.952 bits per heavy atom. The zero-order valence-electron chi connectivity index (χ0n) is 34.5. The molecule has 63 heavy (non-hydrogen) atoms. The molecule has 3 fully saturated rings. The van der Waals surface area contributed by atoms with Crippen LogP contribution in [0.15, 0.2) is 120 Å². The van der Waals surface area contributed by atoms with Crippen LogP contribution in [0, 0.1) is 36.0 Å². The minimum Gasteiger partial charge on any atom is -0.507 e. The molecule has 0 spiro atoms. The Balaban J connectivity index is 0.982. The Morgan fingerprint density at radius 3 is 2.52 bits per heavy atom. The third-order valence-electron chi connectivity index (χ3n) is 14.0. The number of imide groups is 2. The van der Waals surface area contributed by atoms with Crippen LogP contribution in [0.1, 0.15) is 42.4 Å². The van der Waals surface area contributed by atoms with Crippen LogP contribution in [-0.2, 0) is 32.6 Å². The van der Waals surface area contributed by atoms with Crippen molar-refractivity contribution in [2.75, 3.05) is 9.80 Å². The van der Waals surface area contributed by atoms with Gasteiger partial charge in [0.05, 0.1) is 33.7 Å². The summed E-state index contributed by atoms with van der Waals surface area (Å²) >= 11 is 7.92. The van der Waals surface area contributed by atoms with Gasteiger partial charge in [-0.05, 0) is 110 Å². The summed E-state index contributed by atoms with van der Waals surface area (Å²) in [6.45, 7) is 7.70. The first-order valence-electron chi connectivity index (χ1n) is 21.0. The maximum Gasteiger partial charge on any atom is 0.242 e. The third-order valence-corrected chi connectivity index (χ3v) is 15.5. The molecular formula is C50H40ClN5O6S. The van der Waals surface area contributed by atoms with Crippen molar-refractivity contribution in [1.29, 1.82) is 0 Å². The fraction of sp³-hybridized carbons (Fsp3) is 0.240. The predicted octanol–water partition coefficient (Wildman–Crippen LogP) is 9.94. The second-order valence-electron chi connectivity index (χ2n) is 17.3. The highest BCUT2D eigenvalue weighted by Gasteiger charge is 2.68. The van der Waals surface area contributed by atoms with Gasteiger partial charge in [-0.25, -0.2) is 9.88 Å². The second-order valence-corrected chi connectivity index (χ2v) is 18.8. The second kappa shape index (κ2) is 14.2. The highest BCUT2D eigenvalue weighted by atomic mass is 35.5. The van der Waals surface area contributed by atoms with Crippen molar-refractivity contribution in [3.05, 3.63) is 137 Å². The van der Waals surface area contributed by atoms with Crippen LogP contribution in [0.3, 0.4) is 0 Å². The minimum atomic E-state index is -1.36. The van der Waals surface area contributed by atoms with Crippen molar-refractivity contribution >= 4 is 79.3 Å². The molecule has 6 atom stereocenters. The molecule has 11 nitrogen and oxygen atoms in total. The number of hydrogen-bond donors (Lipinski definition) is 1. The average molecular weight is 874 g/mol. The van der Waals surface area contributed by atoms with Gasteiger partial charge in [-0.1, -0.05) is 59.7 Å². The molecule has 5 heterocycles. The van der Waals surface area contributed by atoms with E-state index in [-0.39, 0.29) is 30.4 Å². The number of halogens is 1. The molecule has 0 bridgehead atoms. The summed E-state index contributed by atoms with van der Waals surface area (Å²) in [5.41, 5.74) is 4.64. The van der Waals surface area contributed by atoms with E-state index in [1.807, 2.05) is 74.5 Å². The normalized spacial score (nSPS) is 24.3. The Hall–Kier alpha value is -6.63. The summed E-state index contributed by atoms with van der Waals surface area (Å²) in [6, 6.07) is 27.5. The number of aromatic hydroxyl groups is 1. The molecule has 1 N–H and O–H groups in total. The van der Waals surface area contributed by atoms with E-state index in [0.29, 0.717) is 56.8 Å². The number of para-hydroxylation sites is 3. The van der Waals surface area contributed by atoms with Crippen LogP contribution in [0.2, 0.25) is 5.02 Å². The number of carbonyl (C=O) groups excluding carboxylic acids is 4. The number of amides is 4. The van der Waals surface area contributed by atoms with Gasteiger partial charge in [0.1, 0.15) is 22.8 Å². The SMILES string of the molecule is C=CCc1cccc(C2C3=CCC4C(=O)N(c5ccc(-c6nc7ccccc7o6)cc5)C(=O)C4C3CC3C(=O)N(c4cc(-c5sc6ccc(Cl)cc6c5C)nn4C)C(=O)C32C)c1O. The van der Waals surface area contributed by atoms with Crippen molar-refractivity contribution < 1.29 is 28.7 Å². The zero-order chi connectivity index (χ0) is 43.6. The predicted molar refractivity (Wildman–Crippen MR) is 242 cm³/mol. The zero-order valence-corrected chi connectivity index (χ0v) is 36.1. The van der Waals surface area contributed by atoms with Crippen LogP contribution in [-0.4, -0.2) is 43.5 Å². The quantitative estimate of drug-likeness (QED) is 0.123. The number of thiophene rings is 1. The molecule has 3 aromatic heterocycles. The molecule has 0 radical (unpaired) electrons. The van der Waals surface area contributed by atoms with Gasteiger partial charge in [-0.2, -0.15) is 5.10 Å². The molecule has 13 heteroatoms. The fourth-order valence-electron chi connectivity index (χ4n) is 11.0. The molecule has 7 aromatic rings. The van der Waals surface area contributed by atoms with Gasteiger partial charge in [0.2, 0.25) is 29.5 Å². The van der Waals surface area contributed by atoms with Crippen molar-refractivity contribution in [1.82, 2.24) is 14.8 Å². The molecule has 2 saturated heterocycles. The number of phenols is 1. The average Bonchev–Trinajstić information content (AvgIpc) is 4.06. The van der Waals surface area contributed by atoms with E-state index in [4.69, 9.17) is 21.1 Å². The molecule has 1 saturated carbocycles. The first-order valence-corrected chi connectivity index (χ1v) is 22.1. The van der Waals surface area contributed by atoms with Crippen molar-refractivity contribution in [2.45, 2.75) is 39.0 Å². The highest BCUT2D eigenvalue weighted by molar-refractivity contribution is 7.22. The summed E-state index contributed by atoms with van der Waals surface area (Å²) in [6.07, 6.45) is 4.50. The van der Waals surface area contributed by atoms with Gasteiger partial charge in [0, 0.05) is 39.9 Å². The highest BCUT2D eigenvalue weighted by Crippen LogP contribution is 2.65. The van der Waals surface area contributed by atoms with Gasteiger partial charge >= 0.3 is 0 Å². The lowest BCUT2D eigenvalue weighted by molar-refractivity contribution is -0.131. The summed E-state index contributed by atoms with van der Waals surface area (Å²) in [5.74, 6) is -4.43. The van der Waals surface area contributed by atoms with Crippen molar-refractivity contribution in [3.8, 4) is 27.8 Å². The molecule has 2 aliphatic carbocycles. The van der Waals surface area contributed by atoms with E-state index >= 15 is 9.59 Å². The summed E-state index contributed by atoms with van der Waals surface area (Å²) < 4.78 is 8.57. The number of oxazole rings is 1. The number of anilines is 2. The lowest BCUT2D eigenvalue weighted by atomic mass is 9.51. The Bertz CT molecular complexity index is 3150.